The molecular formula is C21H36N6O. The topological polar surface area (TPSA) is 47.9 Å². The van der Waals surface area contributed by atoms with Crippen molar-refractivity contribution < 1.29 is 4.79 Å². The first-order chi connectivity index (χ1) is 13.6. The second kappa shape index (κ2) is 8.93. The monoisotopic (exact) mass is 388 g/mol. The number of likely N-dealkylation sites (N-methyl/N-ethyl adjacent to an activating group) is 1. The fourth-order valence-corrected chi connectivity index (χ4v) is 5.08. The van der Waals surface area contributed by atoms with Crippen LogP contribution in [0.5, 0.6) is 0 Å². The third-order valence-corrected chi connectivity index (χ3v) is 6.78. The summed E-state index contributed by atoms with van der Waals surface area (Å²) < 4.78 is 2.10. The highest BCUT2D eigenvalue weighted by atomic mass is 16.2. The maximum Gasteiger partial charge on any atom is 0.226 e. The van der Waals surface area contributed by atoms with Gasteiger partial charge in [0.2, 0.25) is 5.91 Å². The van der Waals surface area contributed by atoms with E-state index >= 15 is 0 Å². The van der Waals surface area contributed by atoms with Crippen LogP contribution in [0, 0.1) is 11.8 Å². The van der Waals surface area contributed by atoms with Gasteiger partial charge in [-0.15, -0.1) is 0 Å². The van der Waals surface area contributed by atoms with Gasteiger partial charge in [-0.05, 0) is 32.2 Å². The molecule has 2 atom stereocenters. The lowest BCUT2D eigenvalue weighted by Gasteiger charge is -2.41. The number of piperazine rings is 1. The Morgan fingerprint density at radius 3 is 2.46 bits per heavy atom. The van der Waals surface area contributed by atoms with Gasteiger partial charge in [-0.25, -0.2) is 4.98 Å². The maximum absolute atomic E-state index is 13.2. The van der Waals surface area contributed by atoms with Gasteiger partial charge in [0.15, 0.2) is 0 Å². The van der Waals surface area contributed by atoms with Crippen molar-refractivity contribution in [3.05, 3.63) is 18.2 Å². The number of hydrogen-bond donors (Lipinski definition) is 0. The molecule has 0 aliphatic carbocycles. The van der Waals surface area contributed by atoms with Gasteiger partial charge in [-0.3, -0.25) is 9.69 Å². The van der Waals surface area contributed by atoms with E-state index in [1.165, 1.54) is 12.8 Å². The van der Waals surface area contributed by atoms with Crippen LogP contribution < -0.4 is 0 Å². The number of carbonyl (C=O) groups is 1. The van der Waals surface area contributed by atoms with Gasteiger partial charge in [0.1, 0.15) is 5.82 Å². The number of likely N-dealkylation sites (tertiary alicyclic amines) is 2. The largest absolute Gasteiger partial charge is 0.342 e. The van der Waals surface area contributed by atoms with Crippen molar-refractivity contribution in [1.82, 2.24) is 29.2 Å². The molecule has 0 unspecified atom stereocenters. The Hall–Kier alpha value is -1.44. The van der Waals surface area contributed by atoms with Crippen LogP contribution in [-0.4, -0.2) is 101 Å². The summed E-state index contributed by atoms with van der Waals surface area (Å²) in [5, 5.41) is 0. The quantitative estimate of drug-likeness (QED) is 0.744. The van der Waals surface area contributed by atoms with Crippen molar-refractivity contribution in [3.8, 4) is 0 Å². The summed E-state index contributed by atoms with van der Waals surface area (Å²) in [6, 6.07) is 0. The highest BCUT2D eigenvalue weighted by molar-refractivity contribution is 5.79. The van der Waals surface area contributed by atoms with Crippen molar-refractivity contribution in [3.63, 3.8) is 0 Å². The van der Waals surface area contributed by atoms with Crippen LogP contribution in [-0.2, 0) is 18.4 Å². The zero-order valence-electron chi connectivity index (χ0n) is 17.6. The summed E-state index contributed by atoms with van der Waals surface area (Å²) in [5.74, 6) is 2.19. The minimum absolute atomic E-state index is 0.143. The van der Waals surface area contributed by atoms with Crippen LogP contribution in [0.25, 0.3) is 0 Å². The van der Waals surface area contributed by atoms with E-state index in [0.717, 1.165) is 77.7 Å². The molecule has 28 heavy (non-hydrogen) atoms. The molecule has 0 bridgehead atoms. The third kappa shape index (κ3) is 4.75. The van der Waals surface area contributed by atoms with Crippen molar-refractivity contribution >= 4 is 5.91 Å². The number of imidazole rings is 1. The molecule has 4 rings (SSSR count). The molecule has 0 aromatic carbocycles. The number of carbonyl (C=O) groups excluding carboxylic acids is 1. The number of aryl methyl sites for hydroxylation is 1. The molecule has 7 nitrogen and oxygen atoms in total. The second-order valence-electron chi connectivity index (χ2n) is 9.08. The van der Waals surface area contributed by atoms with E-state index < -0.39 is 0 Å². The number of aromatic nitrogens is 2. The third-order valence-electron chi connectivity index (χ3n) is 6.78. The summed E-state index contributed by atoms with van der Waals surface area (Å²) in [6.45, 7) is 10.4. The highest BCUT2D eigenvalue weighted by Gasteiger charge is 2.35. The zero-order valence-corrected chi connectivity index (χ0v) is 17.6. The molecule has 1 aromatic heterocycles. The van der Waals surface area contributed by atoms with Crippen LogP contribution in [0.3, 0.4) is 0 Å². The van der Waals surface area contributed by atoms with E-state index in [0.29, 0.717) is 11.8 Å². The SMILES string of the molecule is CN1CCN(C[C@H]2C[C@@H](C(=O)N3CCCC3)CN(Cc3nccn3C)C2)CC1. The molecule has 1 aromatic rings. The van der Waals surface area contributed by atoms with E-state index in [1.54, 1.807) is 0 Å². The summed E-state index contributed by atoms with van der Waals surface area (Å²) in [6.07, 6.45) is 7.25. The first kappa shape index (κ1) is 19.9. The predicted octanol–water partition coefficient (Wildman–Crippen LogP) is 0.728. The Bertz CT molecular complexity index is 647. The lowest BCUT2D eigenvalue weighted by Crippen LogP contribution is -2.51. The Kier molecular flexibility index (Phi) is 6.33. The summed E-state index contributed by atoms with van der Waals surface area (Å²) in [4.78, 5) is 27.3. The fraction of sp³-hybridized carbons (Fsp3) is 0.810. The average molecular weight is 389 g/mol. The van der Waals surface area contributed by atoms with E-state index in [4.69, 9.17) is 0 Å². The van der Waals surface area contributed by atoms with Gasteiger partial charge < -0.3 is 19.3 Å². The van der Waals surface area contributed by atoms with Gasteiger partial charge in [-0.2, -0.15) is 0 Å². The van der Waals surface area contributed by atoms with Crippen LogP contribution in [0.4, 0.5) is 0 Å². The zero-order chi connectivity index (χ0) is 19.5. The molecule has 4 heterocycles. The number of hydrogen-bond acceptors (Lipinski definition) is 5. The van der Waals surface area contributed by atoms with Crippen molar-refractivity contribution in [2.45, 2.75) is 25.8 Å². The van der Waals surface area contributed by atoms with Gasteiger partial charge in [0.05, 0.1) is 12.5 Å². The fourth-order valence-electron chi connectivity index (χ4n) is 5.08. The van der Waals surface area contributed by atoms with Gasteiger partial charge in [0.25, 0.3) is 0 Å². The molecule has 0 spiro atoms. The highest BCUT2D eigenvalue weighted by Crippen LogP contribution is 2.27. The second-order valence-corrected chi connectivity index (χ2v) is 9.08. The smallest absolute Gasteiger partial charge is 0.226 e. The van der Waals surface area contributed by atoms with Crippen molar-refractivity contribution in [2.24, 2.45) is 18.9 Å². The number of piperidine rings is 1. The first-order valence-electron chi connectivity index (χ1n) is 11.0. The lowest BCUT2D eigenvalue weighted by atomic mass is 9.87. The maximum atomic E-state index is 13.2. The molecule has 7 heteroatoms. The molecule has 3 aliphatic heterocycles. The molecule has 0 radical (unpaired) electrons. The molecule has 0 saturated carbocycles. The number of rotatable bonds is 5. The molecule has 1 amide bonds. The van der Waals surface area contributed by atoms with E-state index in [1.807, 2.05) is 12.4 Å². The van der Waals surface area contributed by atoms with Crippen LogP contribution >= 0.6 is 0 Å². The Morgan fingerprint density at radius 1 is 1.04 bits per heavy atom. The minimum Gasteiger partial charge on any atom is -0.342 e. The van der Waals surface area contributed by atoms with E-state index in [2.05, 4.69) is 43.2 Å². The van der Waals surface area contributed by atoms with Gasteiger partial charge in [-0.1, -0.05) is 0 Å². The van der Waals surface area contributed by atoms with E-state index in [-0.39, 0.29) is 5.92 Å². The van der Waals surface area contributed by atoms with Crippen LogP contribution in [0.2, 0.25) is 0 Å². The number of nitrogens with zero attached hydrogens (tertiary/aromatic N) is 6. The lowest BCUT2D eigenvalue weighted by molar-refractivity contribution is -0.137. The molecule has 3 aliphatic rings. The average Bonchev–Trinajstić information content (AvgIpc) is 3.35. The summed E-state index contributed by atoms with van der Waals surface area (Å²) in [7, 11) is 4.26. The Morgan fingerprint density at radius 2 is 1.79 bits per heavy atom. The normalized spacial score (nSPS) is 28.1. The predicted molar refractivity (Wildman–Crippen MR) is 110 cm³/mol. The van der Waals surface area contributed by atoms with Crippen molar-refractivity contribution in [1.29, 1.82) is 0 Å². The molecule has 0 N–H and O–H groups in total. The van der Waals surface area contributed by atoms with Gasteiger partial charge in [0, 0.05) is 78.3 Å². The van der Waals surface area contributed by atoms with Gasteiger partial charge >= 0.3 is 0 Å². The molecule has 3 fully saturated rings. The molecule has 156 valence electrons. The molecular weight excluding hydrogens is 352 g/mol. The summed E-state index contributed by atoms with van der Waals surface area (Å²) >= 11 is 0. The van der Waals surface area contributed by atoms with Crippen molar-refractivity contribution in [2.75, 3.05) is 66.0 Å². The first-order valence-corrected chi connectivity index (χ1v) is 11.0. The van der Waals surface area contributed by atoms with E-state index in [9.17, 15) is 4.79 Å². The minimum atomic E-state index is 0.143. The molecule has 3 saturated heterocycles. The number of amides is 1. The Balaban J connectivity index is 1.42. The standard InChI is InChI=1S/C21H36N6O/c1-23-9-11-25(12-10-23)14-18-13-19(21(28)27-6-3-4-7-27)16-26(15-18)17-20-22-5-8-24(20)2/h5,8,18-19H,3-4,6-7,9-17H2,1-2H3/t18-,19-/m1/s1. The van der Waals surface area contributed by atoms with Crippen LogP contribution in [0.15, 0.2) is 12.4 Å². The Labute approximate surface area is 169 Å². The summed E-state index contributed by atoms with van der Waals surface area (Å²) in [5.41, 5.74) is 0. The van der Waals surface area contributed by atoms with Crippen LogP contribution in [0.1, 0.15) is 25.1 Å².